The van der Waals surface area contributed by atoms with E-state index < -0.39 is 29.6 Å². The first-order valence-electron chi connectivity index (χ1n) is 6.52. The number of allylic oxidation sites excluding steroid dienone is 2. The summed E-state index contributed by atoms with van der Waals surface area (Å²) >= 11 is 0. The molecule has 1 aromatic heterocycles. The molecule has 0 radical (unpaired) electrons. The number of amides is 2. The number of furan rings is 1. The smallest absolute Gasteiger partial charge is 0.307 e. The van der Waals surface area contributed by atoms with Crippen molar-refractivity contribution in [1.82, 2.24) is 10.9 Å². The quantitative estimate of drug-likeness (QED) is 0.569. The topological polar surface area (TPSA) is 109 Å². The molecule has 1 aliphatic carbocycles. The minimum atomic E-state index is -1.02. The standard InChI is InChI=1S/C14H16N2O5/c1-8-9(6-7-21-8)12(17)15-16-13(18)10-4-2-3-5-11(10)14(19)20/h2-3,6-7,10-11H,4-5H2,1H3,(H,15,17)(H,16,18)(H,19,20)/t10-,11-/m1/s1. The summed E-state index contributed by atoms with van der Waals surface area (Å²) in [6.45, 7) is 1.63. The van der Waals surface area contributed by atoms with Crippen LogP contribution in [0.5, 0.6) is 0 Å². The minimum absolute atomic E-state index is 0.308. The van der Waals surface area contributed by atoms with Gasteiger partial charge in [-0.25, -0.2) is 0 Å². The molecular weight excluding hydrogens is 276 g/mol. The summed E-state index contributed by atoms with van der Waals surface area (Å²) in [7, 11) is 0. The predicted octanol–water partition coefficient (Wildman–Crippen LogP) is 1.02. The summed E-state index contributed by atoms with van der Waals surface area (Å²) in [6.07, 6.45) is 5.53. The normalized spacial score (nSPS) is 20.8. The van der Waals surface area contributed by atoms with Crippen LogP contribution in [0.3, 0.4) is 0 Å². The fraction of sp³-hybridized carbons (Fsp3) is 0.357. The minimum Gasteiger partial charge on any atom is -0.481 e. The second-order valence-electron chi connectivity index (χ2n) is 4.83. The lowest BCUT2D eigenvalue weighted by Crippen LogP contribution is -2.47. The van der Waals surface area contributed by atoms with E-state index in [1.54, 1.807) is 19.1 Å². The van der Waals surface area contributed by atoms with Gasteiger partial charge in [0.1, 0.15) is 5.76 Å². The number of hydrogen-bond donors (Lipinski definition) is 3. The molecule has 7 heteroatoms. The molecule has 1 aromatic rings. The van der Waals surface area contributed by atoms with Crippen LogP contribution in [0.15, 0.2) is 28.9 Å². The second kappa shape index (κ2) is 6.25. The van der Waals surface area contributed by atoms with Gasteiger partial charge in [-0.2, -0.15) is 0 Å². The lowest BCUT2D eigenvalue weighted by molar-refractivity contribution is -0.147. The third-order valence-corrected chi connectivity index (χ3v) is 3.49. The summed E-state index contributed by atoms with van der Waals surface area (Å²) in [5.41, 5.74) is 4.86. The number of hydrazine groups is 1. The van der Waals surface area contributed by atoms with Gasteiger partial charge in [0.15, 0.2) is 0 Å². The van der Waals surface area contributed by atoms with Gasteiger partial charge in [-0.3, -0.25) is 25.2 Å². The van der Waals surface area contributed by atoms with Crippen LogP contribution in [-0.2, 0) is 9.59 Å². The number of rotatable bonds is 3. The largest absolute Gasteiger partial charge is 0.481 e. The van der Waals surface area contributed by atoms with Crippen LogP contribution in [-0.4, -0.2) is 22.9 Å². The Kier molecular flexibility index (Phi) is 4.42. The number of carbonyl (C=O) groups excluding carboxylic acids is 2. The fourth-order valence-corrected chi connectivity index (χ4v) is 2.28. The van der Waals surface area contributed by atoms with Gasteiger partial charge in [-0.15, -0.1) is 0 Å². The Balaban J connectivity index is 1.95. The van der Waals surface area contributed by atoms with E-state index in [0.717, 1.165) is 0 Å². The van der Waals surface area contributed by atoms with Crippen molar-refractivity contribution in [2.45, 2.75) is 19.8 Å². The molecule has 0 unspecified atom stereocenters. The van der Waals surface area contributed by atoms with Crippen molar-refractivity contribution in [3.05, 3.63) is 35.8 Å². The molecule has 1 aliphatic rings. The average molecular weight is 292 g/mol. The van der Waals surface area contributed by atoms with Crippen LogP contribution in [0.25, 0.3) is 0 Å². The maximum atomic E-state index is 12.0. The van der Waals surface area contributed by atoms with E-state index in [1.807, 2.05) is 0 Å². The number of aliphatic carboxylic acids is 1. The number of hydrogen-bond acceptors (Lipinski definition) is 4. The molecule has 112 valence electrons. The first kappa shape index (κ1) is 14.8. The van der Waals surface area contributed by atoms with E-state index in [1.165, 1.54) is 12.3 Å². The molecule has 2 rings (SSSR count). The van der Waals surface area contributed by atoms with Crippen molar-refractivity contribution in [3.63, 3.8) is 0 Å². The van der Waals surface area contributed by atoms with Gasteiger partial charge in [0, 0.05) is 0 Å². The molecule has 21 heavy (non-hydrogen) atoms. The monoisotopic (exact) mass is 292 g/mol. The Morgan fingerprint density at radius 3 is 2.43 bits per heavy atom. The van der Waals surface area contributed by atoms with Crippen LogP contribution in [0.4, 0.5) is 0 Å². The SMILES string of the molecule is Cc1occc1C(=O)NNC(=O)[C@@H]1CC=CC[C@H]1C(=O)O. The van der Waals surface area contributed by atoms with Gasteiger partial charge < -0.3 is 9.52 Å². The maximum absolute atomic E-state index is 12.0. The zero-order chi connectivity index (χ0) is 15.4. The van der Waals surface area contributed by atoms with E-state index in [4.69, 9.17) is 9.52 Å². The highest BCUT2D eigenvalue weighted by Gasteiger charge is 2.34. The van der Waals surface area contributed by atoms with Gasteiger partial charge in [-0.05, 0) is 25.8 Å². The molecule has 0 saturated heterocycles. The molecular formula is C14H16N2O5. The first-order chi connectivity index (χ1) is 10.0. The fourth-order valence-electron chi connectivity index (χ4n) is 2.28. The summed E-state index contributed by atoms with van der Waals surface area (Å²) in [4.78, 5) is 35.0. The van der Waals surface area contributed by atoms with Crippen molar-refractivity contribution >= 4 is 17.8 Å². The summed E-state index contributed by atoms with van der Waals surface area (Å²) in [5.74, 6) is -3.07. The van der Waals surface area contributed by atoms with E-state index in [2.05, 4.69) is 10.9 Å². The van der Waals surface area contributed by atoms with Crippen molar-refractivity contribution in [1.29, 1.82) is 0 Å². The Hall–Kier alpha value is -2.57. The van der Waals surface area contributed by atoms with Crippen molar-refractivity contribution in [2.75, 3.05) is 0 Å². The lowest BCUT2D eigenvalue weighted by atomic mass is 9.82. The summed E-state index contributed by atoms with van der Waals surface area (Å²) in [5, 5.41) is 9.11. The van der Waals surface area contributed by atoms with Gasteiger partial charge >= 0.3 is 5.97 Å². The zero-order valence-electron chi connectivity index (χ0n) is 11.5. The Labute approximate surface area is 121 Å². The Bertz CT molecular complexity index is 590. The molecule has 2 atom stereocenters. The van der Waals surface area contributed by atoms with Gasteiger partial charge in [0.05, 0.1) is 23.7 Å². The third kappa shape index (κ3) is 3.31. The van der Waals surface area contributed by atoms with Crippen LogP contribution in [0, 0.1) is 18.8 Å². The first-order valence-corrected chi connectivity index (χ1v) is 6.52. The highest BCUT2D eigenvalue weighted by molar-refractivity contribution is 5.96. The Morgan fingerprint density at radius 2 is 1.86 bits per heavy atom. The average Bonchev–Trinajstić information content (AvgIpc) is 2.90. The molecule has 0 fully saturated rings. The third-order valence-electron chi connectivity index (χ3n) is 3.49. The molecule has 0 bridgehead atoms. The molecule has 2 amide bonds. The number of carboxylic acids is 1. The molecule has 7 nitrogen and oxygen atoms in total. The van der Waals surface area contributed by atoms with Crippen molar-refractivity contribution < 1.29 is 23.9 Å². The van der Waals surface area contributed by atoms with Crippen molar-refractivity contribution in [3.8, 4) is 0 Å². The second-order valence-corrected chi connectivity index (χ2v) is 4.83. The highest BCUT2D eigenvalue weighted by atomic mass is 16.4. The molecule has 0 aromatic carbocycles. The summed E-state index contributed by atoms with van der Waals surface area (Å²) in [6, 6.07) is 1.49. The Morgan fingerprint density at radius 1 is 1.19 bits per heavy atom. The van der Waals surface area contributed by atoms with Gasteiger partial charge in [-0.1, -0.05) is 12.2 Å². The zero-order valence-corrected chi connectivity index (χ0v) is 11.5. The number of nitrogens with one attached hydrogen (secondary N) is 2. The van der Waals surface area contributed by atoms with Crippen molar-refractivity contribution in [2.24, 2.45) is 11.8 Å². The maximum Gasteiger partial charge on any atom is 0.307 e. The molecule has 1 heterocycles. The van der Waals surface area contributed by atoms with Crippen LogP contribution in [0.1, 0.15) is 29.0 Å². The molecule has 0 aliphatic heterocycles. The highest BCUT2D eigenvalue weighted by Crippen LogP contribution is 2.25. The van der Waals surface area contributed by atoms with E-state index in [9.17, 15) is 14.4 Å². The van der Waals surface area contributed by atoms with Crippen LogP contribution < -0.4 is 10.9 Å². The van der Waals surface area contributed by atoms with E-state index >= 15 is 0 Å². The lowest BCUT2D eigenvalue weighted by Gasteiger charge is -2.24. The molecule has 0 saturated carbocycles. The van der Waals surface area contributed by atoms with Crippen LogP contribution >= 0.6 is 0 Å². The van der Waals surface area contributed by atoms with Gasteiger partial charge in [0.25, 0.3) is 5.91 Å². The number of carboxylic acid groups (broad SMARTS) is 1. The van der Waals surface area contributed by atoms with Gasteiger partial charge in [0.2, 0.25) is 5.91 Å². The number of aryl methyl sites for hydroxylation is 1. The predicted molar refractivity (Wildman–Crippen MR) is 72.0 cm³/mol. The van der Waals surface area contributed by atoms with Crippen LogP contribution in [0.2, 0.25) is 0 Å². The summed E-state index contributed by atoms with van der Waals surface area (Å²) < 4.78 is 5.00. The van der Waals surface area contributed by atoms with E-state index in [-0.39, 0.29) is 0 Å². The molecule has 0 spiro atoms. The molecule has 3 N–H and O–H groups in total. The van der Waals surface area contributed by atoms with E-state index in [0.29, 0.717) is 24.2 Å². The number of carbonyl (C=O) groups is 3.